The SMILES string of the molecule is O=C(O)CCn1nccc1C(=O)Nc1ncn(Cc2cccc(F)c2)n1. The Morgan fingerprint density at radius 2 is 2.12 bits per heavy atom. The zero-order chi connectivity index (χ0) is 18.5. The van der Waals surface area contributed by atoms with E-state index in [9.17, 15) is 14.0 Å². The number of hydrogen-bond donors (Lipinski definition) is 2. The summed E-state index contributed by atoms with van der Waals surface area (Å²) in [6.07, 6.45) is 2.68. The molecule has 0 fully saturated rings. The fraction of sp³-hybridized carbons (Fsp3) is 0.188. The molecule has 2 N–H and O–H groups in total. The fourth-order valence-corrected chi connectivity index (χ4v) is 2.32. The predicted octanol–water partition coefficient (Wildman–Crippen LogP) is 1.39. The number of carboxylic acids is 1. The summed E-state index contributed by atoms with van der Waals surface area (Å²) < 4.78 is 16.0. The van der Waals surface area contributed by atoms with Crippen LogP contribution in [0.15, 0.2) is 42.9 Å². The van der Waals surface area contributed by atoms with Gasteiger partial charge in [0.1, 0.15) is 17.8 Å². The Balaban J connectivity index is 1.65. The van der Waals surface area contributed by atoms with Crippen LogP contribution in [0.5, 0.6) is 0 Å². The molecule has 0 saturated carbocycles. The highest BCUT2D eigenvalue weighted by Gasteiger charge is 2.15. The van der Waals surface area contributed by atoms with E-state index in [1.807, 2.05) is 0 Å². The van der Waals surface area contributed by atoms with Crippen LogP contribution in [0, 0.1) is 5.82 Å². The number of nitrogens with zero attached hydrogens (tertiary/aromatic N) is 5. The normalized spacial score (nSPS) is 10.7. The number of nitrogens with one attached hydrogen (secondary N) is 1. The lowest BCUT2D eigenvalue weighted by molar-refractivity contribution is -0.137. The topological polar surface area (TPSA) is 115 Å². The molecular formula is C16H15FN6O3. The van der Waals surface area contributed by atoms with E-state index < -0.39 is 11.9 Å². The van der Waals surface area contributed by atoms with Crippen molar-refractivity contribution in [3.8, 4) is 0 Å². The van der Waals surface area contributed by atoms with E-state index in [-0.39, 0.29) is 30.4 Å². The molecule has 0 radical (unpaired) electrons. The number of aliphatic carboxylic acids is 1. The minimum absolute atomic E-state index is 0.0759. The maximum absolute atomic E-state index is 13.2. The summed E-state index contributed by atoms with van der Waals surface area (Å²) in [6.45, 7) is 0.379. The summed E-state index contributed by atoms with van der Waals surface area (Å²) in [7, 11) is 0. The van der Waals surface area contributed by atoms with E-state index in [0.29, 0.717) is 12.1 Å². The van der Waals surface area contributed by atoms with Crippen molar-refractivity contribution in [2.45, 2.75) is 19.5 Å². The number of carbonyl (C=O) groups is 2. The molecule has 2 aromatic heterocycles. The van der Waals surface area contributed by atoms with Crippen molar-refractivity contribution in [2.75, 3.05) is 5.32 Å². The van der Waals surface area contributed by atoms with Crippen molar-refractivity contribution in [1.29, 1.82) is 0 Å². The standard InChI is InChI=1S/C16H15FN6O3/c17-12-3-1-2-11(8-12)9-22-10-18-16(21-22)20-15(26)13-4-6-19-23(13)7-5-14(24)25/h1-4,6,8,10H,5,7,9H2,(H,24,25)(H,20,21,26). The number of rotatable bonds is 7. The lowest BCUT2D eigenvalue weighted by atomic mass is 10.2. The average Bonchev–Trinajstić information content (AvgIpc) is 3.22. The lowest BCUT2D eigenvalue weighted by Gasteiger charge is -2.05. The van der Waals surface area contributed by atoms with Gasteiger partial charge in [0.05, 0.1) is 19.5 Å². The number of anilines is 1. The summed E-state index contributed by atoms with van der Waals surface area (Å²) in [5.74, 6) is -1.75. The second-order valence-corrected chi connectivity index (χ2v) is 5.43. The van der Waals surface area contributed by atoms with Gasteiger partial charge in [0.15, 0.2) is 0 Å². The van der Waals surface area contributed by atoms with Crippen molar-refractivity contribution in [3.63, 3.8) is 0 Å². The van der Waals surface area contributed by atoms with Gasteiger partial charge in [-0.15, -0.1) is 5.10 Å². The molecule has 0 bridgehead atoms. The van der Waals surface area contributed by atoms with Gasteiger partial charge < -0.3 is 5.11 Å². The molecule has 9 nitrogen and oxygen atoms in total. The van der Waals surface area contributed by atoms with Gasteiger partial charge in [-0.25, -0.2) is 14.1 Å². The van der Waals surface area contributed by atoms with Crippen molar-refractivity contribution in [1.82, 2.24) is 24.5 Å². The molecule has 2 heterocycles. The first kappa shape index (κ1) is 17.3. The zero-order valence-corrected chi connectivity index (χ0v) is 13.5. The second-order valence-electron chi connectivity index (χ2n) is 5.43. The van der Waals surface area contributed by atoms with E-state index in [0.717, 1.165) is 0 Å². The van der Waals surface area contributed by atoms with E-state index in [1.54, 1.807) is 12.1 Å². The van der Waals surface area contributed by atoms with Crippen LogP contribution in [-0.4, -0.2) is 41.5 Å². The number of aromatic nitrogens is 5. The van der Waals surface area contributed by atoms with Crippen LogP contribution >= 0.6 is 0 Å². The summed E-state index contributed by atoms with van der Waals surface area (Å²) in [5, 5.41) is 19.3. The van der Waals surface area contributed by atoms with Crippen LogP contribution < -0.4 is 5.32 Å². The third-order valence-electron chi connectivity index (χ3n) is 3.48. The Morgan fingerprint density at radius 1 is 1.27 bits per heavy atom. The van der Waals surface area contributed by atoms with Gasteiger partial charge in [0.25, 0.3) is 5.91 Å². The summed E-state index contributed by atoms with van der Waals surface area (Å²) in [5.41, 5.74) is 0.909. The van der Waals surface area contributed by atoms with Crippen LogP contribution in [0.3, 0.4) is 0 Å². The maximum atomic E-state index is 13.2. The fourth-order valence-electron chi connectivity index (χ4n) is 2.32. The Kier molecular flexibility index (Phi) is 5.02. The number of aryl methyl sites for hydroxylation is 1. The van der Waals surface area contributed by atoms with E-state index >= 15 is 0 Å². The Labute approximate surface area is 147 Å². The predicted molar refractivity (Wildman–Crippen MR) is 88.0 cm³/mol. The molecule has 0 atom stereocenters. The lowest BCUT2D eigenvalue weighted by Crippen LogP contribution is -2.19. The summed E-state index contributed by atoms with van der Waals surface area (Å²) >= 11 is 0. The maximum Gasteiger partial charge on any atom is 0.305 e. The minimum atomic E-state index is -0.982. The van der Waals surface area contributed by atoms with Crippen molar-refractivity contribution in [2.24, 2.45) is 0 Å². The van der Waals surface area contributed by atoms with Gasteiger partial charge in [-0.05, 0) is 23.8 Å². The van der Waals surface area contributed by atoms with E-state index in [2.05, 4.69) is 20.5 Å². The van der Waals surface area contributed by atoms with Crippen LogP contribution in [0.2, 0.25) is 0 Å². The van der Waals surface area contributed by atoms with Crippen LogP contribution in [-0.2, 0) is 17.9 Å². The number of hydrogen-bond acceptors (Lipinski definition) is 5. The molecular weight excluding hydrogens is 343 g/mol. The van der Waals surface area contributed by atoms with Crippen LogP contribution in [0.25, 0.3) is 0 Å². The number of benzene rings is 1. The minimum Gasteiger partial charge on any atom is -0.481 e. The Bertz CT molecular complexity index is 935. The van der Waals surface area contributed by atoms with Crippen molar-refractivity contribution < 1.29 is 19.1 Å². The number of carboxylic acid groups (broad SMARTS) is 1. The van der Waals surface area contributed by atoms with Crippen LogP contribution in [0.4, 0.5) is 10.3 Å². The van der Waals surface area contributed by atoms with Crippen molar-refractivity contribution in [3.05, 3.63) is 59.9 Å². The highest BCUT2D eigenvalue weighted by molar-refractivity contribution is 6.01. The van der Waals surface area contributed by atoms with Gasteiger partial charge >= 0.3 is 5.97 Å². The first-order valence-electron chi connectivity index (χ1n) is 7.70. The smallest absolute Gasteiger partial charge is 0.305 e. The van der Waals surface area contributed by atoms with Gasteiger partial charge in [0.2, 0.25) is 5.95 Å². The highest BCUT2D eigenvalue weighted by Crippen LogP contribution is 2.08. The Hall–Kier alpha value is -3.56. The molecule has 0 spiro atoms. The summed E-state index contributed by atoms with van der Waals surface area (Å²) in [4.78, 5) is 26.9. The largest absolute Gasteiger partial charge is 0.481 e. The molecule has 3 rings (SSSR count). The Morgan fingerprint density at radius 3 is 2.88 bits per heavy atom. The second kappa shape index (κ2) is 7.55. The molecule has 10 heteroatoms. The first-order chi connectivity index (χ1) is 12.5. The molecule has 1 aromatic carbocycles. The molecule has 26 heavy (non-hydrogen) atoms. The molecule has 0 aliphatic carbocycles. The third kappa shape index (κ3) is 4.29. The third-order valence-corrected chi connectivity index (χ3v) is 3.48. The molecule has 0 unspecified atom stereocenters. The summed E-state index contributed by atoms with van der Waals surface area (Å²) in [6, 6.07) is 7.57. The molecule has 134 valence electrons. The first-order valence-corrected chi connectivity index (χ1v) is 7.70. The molecule has 0 aliphatic rings. The van der Waals surface area contributed by atoms with Gasteiger partial charge in [0, 0.05) is 6.20 Å². The highest BCUT2D eigenvalue weighted by atomic mass is 19.1. The van der Waals surface area contributed by atoms with Crippen molar-refractivity contribution >= 4 is 17.8 Å². The molecule has 3 aromatic rings. The number of amides is 1. The monoisotopic (exact) mass is 358 g/mol. The average molecular weight is 358 g/mol. The number of halogens is 1. The van der Waals surface area contributed by atoms with E-state index in [4.69, 9.17) is 5.11 Å². The zero-order valence-electron chi connectivity index (χ0n) is 13.5. The quantitative estimate of drug-likeness (QED) is 0.659. The van der Waals surface area contributed by atoms with Gasteiger partial charge in [-0.1, -0.05) is 12.1 Å². The molecule has 0 aliphatic heterocycles. The number of carbonyl (C=O) groups excluding carboxylic acids is 1. The van der Waals surface area contributed by atoms with Gasteiger partial charge in [-0.2, -0.15) is 5.10 Å². The van der Waals surface area contributed by atoms with Gasteiger partial charge in [-0.3, -0.25) is 19.6 Å². The molecule has 1 amide bonds. The van der Waals surface area contributed by atoms with E-state index in [1.165, 1.54) is 40.1 Å². The molecule has 0 saturated heterocycles. The van der Waals surface area contributed by atoms with Crippen LogP contribution in [0.1, 0.15) is 22.5 Å².